The van der Waals surface area contributed by atoms with Crippen molar-refractivity contribution in [1.29, 1.82) is 0 Å². The van der Waals surface area contributed by atoms with Gasteiger partial charge < -0.3 is 19.0 Å². The van der Waals surface area contributed by atoms with Gasteiger partial charge in [0.15, 0.2) is 11.3 Å². The quantitative estimate of drug-likeness (QED) is 0.306. The second kappa shape index (κ2) is 8.91. The molecule has 5 nitrogen and oxygen atoms in total. The van der Waals surface area contributed by atoms with Crippen LogP contribution < -0.4 is 9.47 Å². The van der Waals surface area contributed by atoms with Gasteiger partial charge in [0, 0.05) is 22.7 Å². The molecule has 0 saturated heterocycles. The van der Waals surface area contributed by atoms with Crippen LogP contribution in [-0.4, -0.2) is 23.4 Å². The predicted octanol–water partition coefficient (Wildman–Crippen LogP) is 6.52. The van der Waals surface area contributed by atoms with E-state index >= 15 is 0 Å². The van der Waals surface area contributed by atoms with Crippen molar-refractivity contribution in [2.24, 2.45) is 0 Å². The van der Waals surface area contributed by atoms with Crippen LogP contribution in [0.25, 0.3) is 21.9 Å². The van der Waals surface area contributed by atoms with E-state index < -0.39 is 11.9 Å². The largest absolute Gasteiger partial charge is 0.493 e. The minimum Gasteiger partial charge on any atom is -0.493 e. The van der Waals surface area contributed by atoms with E-state index in [1.165, 1.54) is 6.07 Å². The fraction of sp³-hybridized carbons (Fsp3) is 0.348. The highest BCUT2D eigenvalue weighted by atomic mass is 19.4. The Morgan fingerprint density at radius 3 is 2.48 bits per heavy atom. The maximum atomic E-state index is 13.1. The van der Waals surface area contributed by atoms with Crippen LogP contribution >= 0.6 is 0 Å². The number of nitrogens with one attached hydrogen (secondary N) is 1. The number of ether oxygens (including phenoxy) is 2. The molecular formula is C23H23F3N2O3. The average molecular weight is 432 g/mol. The normalized spacial score (nSPS) is 12.0. The van der Waals surface area contributed by atoms with E-state index in [1.54, 1.807) is 6.07 Å². The molecule has 2 heterocycles. The number of halogens is 3. The lowest BCUT2D eigenvalue weighted by atomic mass is 10.0. The number of aromatic nitrogens is 2. The molecule has 31 heavy (non-hydrogen) atoms. The summed E-state index contributed by atoms with van der Waals surface area (Å²) in [6.45, 7) is 2.93. The highest BCUT2D eigenvalue weighted by Gasteiger charge is 2.37. The van der Waals surface area contributed by atoms with Crippen LogP contribution in [0.4, 0.5) is 13.2 Å². The van der Waals surface area contributed by atoms with Crippen LogP contribution in [-0.2, 0) is 12.6 Å². The molecule has 4 aromatic rings. The Bertz CT molecular complexity index is 1160. The van der Waals surface area contributed by atoms with Gasteiger partial charge in [-0.3, -0.25) is 0 Å². The van der Waals surface area contributed by atoms with Gasteiger partial charge in [0.05, 0.1) is 18.6 Å². The first-order valence-electron chi connectivity index (χ1n) is 10.3. The summed E-state index contributed by atoms with van der Waals surface area (Å²) in [6, 6.07) is 10.8. The molecule has 0 fully saturated rings. The minimum atomic E-state index is -4.55. The molecule has 0 aliphatic heterocycles. The molecule has 0 amide bonds. The summed E-state index contributed by atoms with van der Waals surface area (Å²) in [5, 5.41) is 4.25. The van der Waals surface area contributed by atoms with Gasteiger partial charge in [-0.2, -0.15) is 13.2 Å². The zero-order chi connectivity index (χ0) is 21.8. The molecular weight excluding hydrogens is 409 g/mol. The average Bonchev–Trinajstić information content (AvgIpc) is 3.39. The van der Waals surface area contributed by atoms with Crippen molar-refractivity contribution < 1.29 is 27.2 Å². The first-order chi connectivity index (χ1) is 15.0. The molecule has 2 aromatic heterocycles. The van der Waals surface area contributed by atoms with Gasteiger partial charge in [0.2, 0.25) is 0 Å². The number of hydrogen-bond donors (Lipinski definition) is 1. The van der Waals surface area contributed by atoms with E-state index in [-0.39, 0.29) is 11.0 Å². The molecule has 0 spiro atoms. The van der Waals surface area contributed by atoms with Crippen molar-refractivity contribution >= 4 is 21.9 Å². The Kier molecular flexibility index (Phi) is 6.06. The summed E-state index contributed by atoms with van der Waals surface area (Å²) in [7, 11) is 0. The zero-order valence-corrected chi connectivity index (χ0v) is 17.1. The Labute approximate surface area is 177 Å². The highest BCUT2D eigenvalue weighted by Crippen LogP contribution is 2.38. The standard InChI is InChI=1S/C23H23F3N2O3/c1-2-6-16-20(10-9-17-21(16)31-28-22(17)23(24,25)26)30-14-4-3-13-29-19-8-5-7-18-15(19)11-12-27-18/h5,7-12,27H,2-4,6,13-14H2,1H3. The number of H-pyrrole nitrogens is 1. The van der Waals surface area contributed by atoms with Gasteiger partial charge in [-0.15, -0.1) is 0 Å². The highest BCUT2D eigenvalue weighted by molar-refractivity contribution is 5.86. The molecule has 8 heteroatoms. The number of aryl methyl sites for hydroxylation is 1. The molecule has 0 aliphatic carbocycles. The van der Waals surface area contributed by atoms with Crippen LogP contribution in [0.2, 0.25) is 0 Å². The van der Waals surface area contributed by atoms with E-state index in [4.69, 9.17) is 14.0 Å². The number of hydrogen-bond acceptors (Lipinski definition) is 4. The molecule has 0 aliphatic rings. The summed E-state index contributed by atoms with van der Waals surface area (Å²) in [5.74, 6) is 1.37. The van der Waals surface area contributed by atoms with E-state index in [2.05, 4.69) is 10.1 Å². The monoisotopic (exact) mass is 432 g/mol. The second-order valence-corrected chi connectivity index (χ2v) is 7.30. The van der Waals surface area contributed by atoms with Crippen LogP contribution in [0.3, 0.4) is 0 Å². The van der Waals surface area contributed by atoms with Gasteiger partial charge in [0.1, 0.15) is 11.5 Å². The topological polar surface area (TPSA) is 60.3 Å². The molecule has 1 N–H and O–H groups in total. The Morgan fingerprint density at radius 2 is 1.74 bits per heavy atom. The molecule has 0 atom stereocenters. The lowest BCUT2D eigenvalue weighted by molar-refractivity contribution is -0.141. The molecule has 4 rings (SSSR count). The molecule has 0 saturated carbocycles. The van der Waals surface area contributed by atoms with Gasteiger partial charge in [-0.25, -0.2) is 0 Å². The number of rotatable bonds is 9. The number of unbranched alkanes of at least 4 members (excludes halogenated alkanes) is 1. The molecule has 0 bridgehead atoms. The first kappa shape index (κ1) is 21.1. The van der Waals surface area contributed by atoms with Gasteiger partial charge in [-0.1, -0.05) is 24.6 Å². The van der Waals surface area contributed by atoms with E-state index in [9.17, 15) is 13.2 Å². The molecule has 2 aromatic carbocycles. The maximum Gasteiger partial charge on any atom is 0.437 e. The Balaban J connectivity index is 1.35. The lowest BCUT2D eigenvalue weighted by Gasteiger charge is -2.12. The summed E-state index contributed by atoms with van der Waals surface area (Å²) in [6.07, 6.45) is 0.146. The molecule has 0 unspecified atom stereocenters. The van der Waals surface area contributed by atoms with Crippen molar-refractivity contribution in [1.82, 2.24) is 10.1 Å². The number of aromatic amines is 1. The molecule has 0 radical (unpaired) electrons. The van der Waals surface area contributed by atoms with Crippen LogP contribution in [0.1, 0.15) is 37.4 Å². The van der Waals surface area contributed by atoms with Gasteiger partial charge in [-0.05, 0) is 49.6 Å². The lowest BCUT2D eigenvalue weighted by Crippen LogP contribution is -2.06. The Morgan fingerprint density at radius 1 is 0.968 bits per heavy atom. The van der Waals surface area contributed by atoms with Crippen molar-refractivity contribution in [2.75, 3.05) is 13.2 Å². The summed E-state index contributed by atoms with van der Waals surface area (Å²) < 4.78 is 56.1. The predicted molar refractivity (Wildman–Crippen MR) is 112 cm³/mol. The molecule has 164 valence electrons. The SMILES string of the molecule is CCCc1c(OCCCCOc2cccc3[nH]ccc23)ccc2c(C(F)(F)F)noc12. The zero-order valence-electron chi connectivity index (χ0n) is 17.1. The number of alkyl halides is 3. The smallest absolute Gasteiger partial charge is 0.437 e. The van der Waals surface area contributed by atoms with Crippen LogP contribution in [0.5, 0.6) is 11.5 Å². The van der Waals surface area contributed by atoms with E-state index in [0.29, 0.717) is 30.9 Å². The third-order valence-corrected chi connectivity index (χ3v) is 5.08. The van der Waals surface area contributed by atoms with E-state index in [0.717, 1.165) is 35.9 Å². The summed E-state index contributed by atoms with van der Waals surface area (Å²) >= 11 is 0. The van der Waals surface area contributed by atoms with Gasteiger partial charge in [0.25, 0.3) is 0 Å². The number of benzene rings is 2. The summed E-state index contributed by atoms with van der Waals surface area (Å²) in [5.41, 5.74) is 0.801. The van der Waals surface area contributed by atoms with Crippen LogP contribution in [0, 0.1) is 0 Å². The minimum absolute atomic E-state index is 0.0318. The summed E-state index contributed by atoms with van der Waals surface area (Å²) in [4.78, 5) is 3.15. The fourth-order valence-corrected chi connectivity index (χ4v) is 3.62. The van der Waals surface area contributed by atoms with Crippen molar-refractivity contribution in [2.45, 2.75) is 38.8 Å². The maximum absolute atomic E-state index is 13.1. The second-order valence-electron chi connectivity index (χ2n) is 7.30. The fourth-order valence-electron chi connectivity index (χ4n) is 3.62. The van der Waals surface area contributed by atoms with Crippen molar-refractivity contribution in [3.63, 3.8) is 0 Å². The first-order valence-corrected chi connectivity index (χ1v) is 10.3. The Hall–Kier alpha value is -3.16. The van der Waals surface area contributed by atoms with Crippen molar-refractivity contribution in [3.05, 3.63) is 53.9 Å². The van der Waals surface area contributed by atoms with Gasteiger partial charge >= 0.3 is 6.18 Å². The number of nitrogens with zero attached hydrogens (tertiary/aromatic N) is 1. The third-order valence-electron chi connectivity index (χ3n) is 5.08. The number of fused-ring (bicyclic) bond motifs is 2. The van der Waals surface area contributed by atoms with Crippen LogP contribution in [0.15, 0.2) is 47.1 Å². The van der Waals surface area contributed by atoms with Crippen molar-refractivity contribution in [3.8, 4) is 11.5 Å². The third kappa shape index (κ3) is 4.47. The van der Waals surface area contributed by atoms with E-state index in [1.807, 2.05) is 37.4 Å².